The van der Waals surface area contributed by atoms with Crippen LogP contribution in [0.4, 0.5) is 0 Å². The maximum Gasteiger partial charge on any atom is 0.166 e. The average Bonchev–Trinajstić information content (AvgIpc) is 2.89. The highest BCUT2D eigenvalue weighted by Gasteiger charge is 2.46. The molecule has 0 aromatic rings. The van der Waals surface area contributed by atoms with Crippen molar-refractivity contribution in [3.63, 3.8) is 0 Å². The number of sulfone groups is 1. The molecule has 106 valence electrons. The molecule has 0 amide bonds. The second-order valence-electron chi connectivity index (χ2n) is 4.91. The summed E-state index contributed by atoms with van der Waals surface area (Å²) in [4.78, 5) is 2.21. The first-order chi connectivity index (χ1) is 8.56. The molecule has 0 aliphatic carbocycles. The van der Waals surface area contributed by atoms with Gasteiger partial charge in [0.05, 0.1) is 0 Å². The highest BCUT2D eigenvalue weighted by Crippen LogP contribution is 2.37. The second-order valence-corrected chi connectivity index (χ2v) is 9.61. The molecule has 2 aliphatic heterocycles. The van der Waals surface area contributed by atoms with E-state index < -0.39 is 9.84 Å². The van der Waals surface area contributed by atoms with E-state index in [1.54, 1.807) is 18.7 Å². The molecule has 7 heteroatoms. The van der Waals surface area contributed by atoms with Gasteiger partial charge in [-0.05, 0) is 12.2 Å². The molecule has 0 spiro atoms. The molecule has 0 bridgehead atoms. The Morgan fingerprint density at radius 1 is 1.39 bits per heavy atom. The Balaban J connectivity index is 2.27. The van der Waals surface area contributed by atoms with E-state index in [1.807, 2.05) is 11.8 Å². The first-order valence-corrected chi connectivity index (χ1v) is 10.4. The third-order valence-corrected chi connectivity index (χ3v) is 8.50. The first-order valence-electron chi connectivity index (χ1n) is 6.39. The highest BCUT2D eigenvalue weighted by molar-refractivity contribution is 8.01. The zero-order valence-corrected chi connectivity index (χ0v) is 13.2. The van der Waals surface area contributed by atoms with Crippen LogP contribution in [0.3, 0.4) is 0 Å². The van der Waals surface area contributed by atoms with Crippen LogP contribution in [0.15, 0.2) is 0 Å². The Morgan fingerprint density at radius 2 is 2.17 bits per heavy atom. The van der Waals surface area contributed by atoms with Gasteiger partial charge in [-0.25, -0.2) is 8.42 Å². The van der Waals surface area contributed by atoms with Gasteiger partial charge in [-0.1, -0.05) is 6.92 Å². The van der Waals surface area contributed by atoms with E-state index in [1.165, 1.54) is 0 Å². The smallest absolute Gasteiger partial charge is 0.166 e. The maximum atomic E-state index is 12.3. The fraction of sp³-hybridized carbons (Fsp3) is 1.00. The summed E-state index contributed by atoms with van der Waals surface area (Å²) in [6.07, 6.45) is 1.02. The first kappa shape index (κ1) is 15.0. The number of hydrogen-bond donors (Lipinski definition) is 1. The van der Waals surface area contributed by atoms with Gasteiger partial charge in [0.25, 0.3) is 0 Å². The fourth-order valence-electron chi connectivity index (χ4n) is 2.71. The van der Waals surface area contributed by atoms with Gasteiger partial charge in [0.2, 0.25) is 0 Å². The van der Waals surface area contributed by atoms with Gasteiger partial charge in [0.1, 0.15) is 5.37 Å². The molecule has 2 atom stereocenters. The minimum absolute atomic E-state index is 0.0848. The molecule has 4 nitrogen and oxygen atoms in total. The molecule has 2 unspecified atom stereocenters. The van der Waals surface area contributed by atoms with Crippen molar-refractivity contribution in [2.75, 3.05) is 41.9 Å². The van der Waals surface area contributed by atoms with Crippen molar-refractivity contribution in [3.8, 4) is 0 Å². The molecule has 0 aromatic carbocycles. The zero-order valence-electron chi connectivity index (χ0n) is 10.8. The summed E-state index contributed by atoms with van der Waals surface area (Å²) in [5.74, 6) is 4.01. The summed E-state index contributed by atoms with van der Waals surface area (Å²) in [5.41, 5.74) is 5.91. The molecule has 0 aromatic heterocycles. The van der Waals surface area contributed by atoms with Gasteiger partial charge in [0.15, 0.2) is 9.84 Å². The van der Waals surface area contributed by atoms with Gasteiger partial charge >= 0.3 is 0 Å². The topological polar surface area (TPSA) is 63.4 Å². The van der Waals surface area contributed by atoms with Crippen LogP contribution in [0.2, 0.25) is 0 Å². The highest BCUT2D eigenvalue weighted by atomic mass is 32.2. The monoisotopic (exact) mass is 310 g/mol. The minimum atomic E-state index is -3.02. The van der Waals surface area contributed by atoms with E-state index in [2.05, 4.69) is 4.90 Å². The molecule has 2 fully saturated rings. The summed E-state index contributed by atoms with van der Waals surface area (Å²) in [6.45, 7) is 3.16. The van der Waals surface area contributed by atoms with Crippen molar-refractivity contribution < 1.29 is 8.42 Å². The van der Waals surface area contributed by atoms with Gasteiger partial charge in [-0.15, -0.1) is 0 Å². The quantitative estimate of drug-likeness (QED) is 0.822. The van der Waals surface area contributed by atoms with E-state index >= 15 is 0 Å². The van der Waals surface area contributed by atoms with Gasteiger partial charge in [-0.3, -0.25) is 4.90 Å². The number of nitrogens with two attached hydrogens (primary N) is 1. The maximum absolute atomic E-state index is 12.3. The predicted molar refractivity (Wildman–Crippen MR) is 81.0 cm³/mol. The van der Waals surface area contributed by atoms with Crippen molar-refractivity contribution in [1.82, 2.24) is 4.90 Å². The molecule has 2 saturated heterocycles. The van der Waals surface area contributed by atoms with Gasteiger partial charge < -0.3 is 5.73 Å². The molecule has 2 N–H and O–H groups in total. The van der Waals surface area contributed by atoms with E-state index in [0.29, 0.717) is 12.3 Å². The molecule has 0 saturated carbocycles. The summed E-state index contributed by atoms with van der Waals surface area (Å²) in [7, 11) is -3.02. The number of nitrogens with zero attached hydrogens (tertiary/aromatic N) is 1. The Bertz CT molecular complexity index is 380. The standard InChI is InChI=1S/C11H22N2O2S3/c1-2-18(14,15)10-7-16-6-4-13(10)11(8-12)3-5-17-9-11/h10H,2-9,12H2,1H3. The SMILES string of the molecule is CCS(=O)(=O)C1CSCCN1C1(CN)CCSC1. The van der Waals surface area contributed by atoms with E-state index in [-0.39, 0.29) is 16.7 Å². The van der Waals surface area contributed by atoms with Crippen LogP contribution in [0.5, 0.6) is 0 Å². The minimum Gasteiger partial charge on any atom is -0.329 e. The van der Waals surface area contributed by atoms with Crippen LogP contribution >= 0.6 is 23.5 Å². The third-order valence-electron chi connectivity index (χ3n) is 3.97. The van der Waals surface area contributed by atoms with Crippen LogP contribution in [0.1, 0.15) is 13.3 Å². The molecule has 18 heavy (non-hydrogen) atoms. The van der Waals surface area contributed by atoms with Crippen molar-refractivity contribution in [2.45, 2.75) is 24.3 Å². The van der Waals surface area contributed by atoms with E-state index in [9.17, 15) is 8.42 Å². The van der Waals surface area contributed by atoms with Crippen molar-refractivity contribution in [2.24, 2.45) is 5.73 Å². The van der Waals surface area contributed by atoms with Gasteiger partial charge in [-0.2, -0.15) is 23.5 Å². The lowest BCUT2D eigenvalue weighted by atomic mass is 9.96. The number of hydrogen-bond acceptors (Lipinski definition) is 6. The molecule has 2 heterocycles. The summed E-state index contributed by atoms with van der Waals surface area (Å²) in [6, 6.07) is 0. The molecule has 2 rings (SSSR count). The Hall–Kier alpha value is 0.570. The van der Waals surface area contributed by atoms with E-state index in [4.69, 9.17) is 5.73 Å². The predicted octanol–water partition coefficient (Wildman–Crippen LogP) is 0.630. The summed E-state index contributed by atoms with van der Waals surface area (Å²) >= 11 is 3.64. The van der Waals surface area contributed by atoms with Crippen LogP contribution in [0.25, 0.3) is 0 Å². The molecule has 0 radical (unpaired) electrons. The normalized spacial score (nSPS) is 34.9. The molecular formula is C11H22N2O2S3. The Morgan fingerprint density at radius 3 is 2.72 bits per heavy atom. The average molecular weight is 311 g/mol. The number of rotatable bonds is 4. The van der Waals surface area contributed by atoms with Crippen molar-refractivity contribution >= 4 is 33.4 Å². The lowest BCUT2D eigenvalue weighted by Gasteiger charge is -2.46. The van der Waals surface area contributed by atoms with Gasteiger partial charge in [0, 0.05) is 41.6 Å². The fourth-order valence-corrected chi connectivity index (χ4v) is 7.28. The summed E-state index contributed by atoms with van der Waals surface area (Å²) in [5, 5.41) is -0.330. The lowest BCUT2D eigenvalue weighted by molar-refractivity contribution is 0.112. The van der Waals surface area contributed by atoms with Crippen LogP contribution in [-0.4, -0.2) is 66.1 Å². The second kappa shape index (κ2) is 5.91. The van der Waals surface area contributed by atoms with Crippen molar-refractivity contribution in [1.29, 1.82) is 0 Å². The van der Waals surface area contributed by atoms with Crippen LogP contribution < -0.4 is 5.73 Å². The third kappa shape index (κ3) is 2.70. The van der Waals surface area contributed by atoms with E-state index in [0.717, 1.165) is 30.2 Å². The van der Waals surface area contributed by atoms with Crippen LogP contribution in [0, 0.1) is 0 Å². The number of thioether (sulfide) groups is 2. The summed E-state index contributed by atoms with van der Waals surface area (Å²) < 4.78 is 24.6. The lowest BCUT2D eigenvalue weighted by Crippen LogP contribution is -2.62. The van der Waals surface area contributed by atoms with Crippen LogP contribution in [-0.2, 0) is 9.84 Å². The van der Waals surface area contributed by atoms with Crippen molar-refractivity contribution in [3.05, 3.63) is 0 Å². The Labute approximate surface area is 118 Å². The molecular weight excluding hydrogens is 288 g/mol. The zero-order chi connectivity index (χ0) is 13.2. The Kier molecular flexibility index (Phi) is 4.91. The molecule has 2 aliphatic rings. The largest absolute Gasteiger partial charge is 0.329 e.